The molecule has 0 saturated heterocycles. The average molecular weight is 544 g/mol. The van der Waals surface area contributed by atoms with Gasteiger partial charge in [0, 0.05) is 33.1 Å². The van der Waals surface area contributed by atoms with E-state index in [0.717, 1.165) is 12.0 Å². The highest BCUT2D eigenvalue weighted by atomic mass is 35.5. The smallest absolute Gasteiger partial charge is 0.254 e. The first-order valence-corrected chi connectivity index (χ1v) is 13.8. The van der Waals surface area contributed by atoms with Crippen molar-refractivity contribution in [3.05, 3.63) is 91.1 Å². The van der Waals surface area contributed by atoms with Crippen LogP contribution in [0.3, 0.4) is 0 Å². The minimum Gasteiger partial charge on any atom is -0.330 e. The molecule has 2 heterocycles. The summed E-state index contributed by atoms with van der Waals surface area (Å²) in [6.07, 6.45) is 0.814. The third-order valence-electron chi connectivity index (χ3n) is 6.68. The molecule has 0 unspecified atom stereocenters. The van der Waals surface area contributed by atoms with Gasteiger partial charge in [-0.05, 0) is 72.0 Å². The van der Waals surface area contributed by atoms with Crippen LogP contribution in [-0.4, -0.2) is 40.7 Å². The Kier molecular flexibility index (Phi) is 7.84. The van der Waals surface area contributed by atoms with E-state index >= 15 is 0 Å². The number of thiophene rings is 1. The van der Waals surface area contributed by atoms with E-state index in [9.17, 15) is 9.59 Å². The number of carbonyl (C=O) groups excluding carboxylic acids is 2. The topological polar surface area (TPSA) is 40.6 Å². The Morgan fingerprint density at radius 2 is 1.69 bits per heavy atom. The molecule has 36 heavy (non-hydrogen) atoms. The lowest BCUT2D eigenvalue weighted by Crippen LogP contribution is -2.48. The molecule has 0 saturated carbocycles. The highest BCUT2D eigenvalue weighted by molar-refractivity contribution is 7.10. The fourth-order valence-corrected chi connectivity index (χ4v) is 6.11. The maximum Gasteiger partial charge on any atom is 0.254 e. The van der Waals surface area contributed by atoms with Crippen molar-refractivity contribution in [3.63, 3.8) is 0 Å². The van der Waals surface area contributed by atoms with E-state index in [1.54, 1.807) is 34.4 Å². The molecule has 7 heteroatoms. The Labute approximate surface area is 227 Å². The maximum absolute atomic E-state index is 13.8. The predicted molar refractivity (Wildman–Crippen MR) is 149 cm³/mol. The van der Waals surface area contributed by atoms with Gasteiger partial charge < -0.3 is 9.80 Å². The molecule has 2 amide bonds. The van der Waals surface area contributed by atoms with E-state index in [-0.39, 0.29) is 35.9 Å². The molecule has 1 aromatic heterocycles. The highest BCUT2D eigenvalue weighted by Gasteiger charge is 2.35. The van der Waals surface area contributed by atoms with Gasteiger partial charge in [0.15, 0.2) is 0 Å². The largest absolute Gasteiger partial charge is 0.330 e. The van der Waals surface area contributed by atoms with Crippen LogP contribution in [0.15, 0.2) is 53.9 Å². The van der Waals surface area contributed by atoms with Gasteiger partial charge in [-0.3, -0.25) is 9.59 Å². The molecule has 0 radical (unpaired) electrons. The predicted octanol–water partition coefficient (Wildman–Crippen LogP) is 7.38. The first-order chi connectivity index (χ1) is 17.0. The molecular formula is C29H32Cl2N2O2S. The van der Waals surface area contributed by atoms with Gasteiger partial charge in [-0.1, -0.05) is 68.2 Å². The summed E-state index contributed by atoms with van der Waals surface area (Å²) in [7, 11) is 0. The number of nitrogens with zero attached hydrogens (tertiary/aromatic N) is 2. The second kappa shape index (κ2) is 10.6. The van der Waals surface area contributed by atoms with Crippen molar-refractivity contribution in [1.82, 2.24) is 9.80 Å². The number of fused-ring (bicyclic) bond motifs is 1. The molecule has 4 rings (SSSR count). The number of amides is 2. The molecule has 1 aliphatic rings. The Morgan fingerprint density at radius 3 is 2.28 bits per heavy atom. The first kappa shape index (κ1) is 26.7. The minimum absolute atomic E-state index is 0.0172. The van der Waals surface area contributed by atoms with Crippen molar-refractivity contribution in [3.8, 4) is 0 Å². The van der Waals surface area contributed by atoms with E-state index in [0.29, 0.717) is 22.2 Å². The van der Waals surface area contributed by atoms with Crippen LogP contribution in [0.25, 0.3) is 0 Å². The van der Waals surface area contributed by atoms with E-state index in [1.807, 2.05) is 18.7 Å². The summed E-state index contributed by atoms with van der Waals surface area (Å²) in [5.74, 6) is -0.339. The van der Waals surface area contributed by atoms with Crippen molar-refractivity contribution < 1.29 is 9.59 Å². The van der Waals surface area contributed by atoms with Gasteiger partial charge in [-0.2, -0.15) is 0 Å². The molecule has 0 N–H and O–H groups in total. The molecule has 1 aliphatic heterocycles. The number of hydrogen-bond acceptors (Lipinski definition) is 3. The molecule has 0 aliphatic carbocycles. The summed E-state index contributed by atoms with van der Waals surface area (Å²) >= 11 is 14.0. The standard InChI is InChI=1S/C29H32Cl2N2O2S/c1-18(2)33(28(35)20-14-22(30)16-23(31)15-20)17-26(34)32-12-10-25-24(11-13-36-25)27(32)19-6-8-21(9-7-19)29(3,4)5/h6-9,11,13-16,18,27H,10,12,17H2,1-5H3/t27-/m1/s1. The number of carbonyl (C=O) groups is 2. The van der Waals surface area contributed by atoms with Gasteiger partial charge in [-0.25, -0.2) is 0 Å². The summed E-state index contributed by atoms with van der Waals surface area (Å²) in [5.41, 5.74) is 3.94. The number of hydrogen-bond donors (Lipinski definition) is 0. The average Bonchev–Trinajstić information content (AvgIpc) is 3.29. The number of benzene rings is 2. The van der Waals surface area contributed by atoms with Crippen LogP contribution in [0.5, 0.6) is 0 Å². The summed E-state index contributed by atoms with van der Waals surface area (Å²) in [6.45, 7) is 11.0. The summed E-state index contributed by atoms with van der Waals surface area (Å²) in [5, 5.41) is 2.88. The van der Waals surface area contributed by atoms with Crippen LogP contribution in [-0.2, 0) is 16.6 Å². The van der Waals surface area contributed by atoms with Gasteiger partial charge >= 0.3 is 0 Å². The molecule has 0 spiro atoms. The molecule has 0 bridgehead atoms. The molecule has 1 atom stereocenters. The maximum atomic E-state index is 13.8. The van der Waals surface area contributed by atoms with Crippen molar-refractivity contribution in [2.45, 2.75) is 58.5 Å². The van der Waals surface area contributed by atoms with Crippen molar-refractivity contribution in [1.29, 1.82) is 0 Å². The number of rotatable bonds is 5. The van der Waals surface area contributed by atoms with Crippen LogP contribution in [0.2, 0.25) is 10.0 Å². The number of halogens is 2. The lowest BCUT2D eigenvalue weighted by atomic mass is 9.85. The Morgan fingerprint density at radius 1 is 1.06 bits per heavy atom. The van der Waals surface area contributed by atoms with Gasteiger partial charge in [0.1, 0.15) is 6.54 Å². The van der Waals surface area contributed by atoms with E-state index in [1.165, 1.54) is 16.0 Å². The Hall–Kier alpha value is -2.34. The second-order valence-electron chi connectivity index (χ2n) is 10.6. The van der Waals surface area contributed by atoms with E-state index in [2.05, 4.69) is 56.5 Å². The Balaban J connectivity index is 1.64. The zero-order chi connectivity index (χ0) is 26.2. The molecule has 190 valence electrons. The quantitative estimate of drug-likeness (QED) is 0.337. The molecule has 3 aromatic rings. The van der Waals surface area contributed by atoms with E-state index < -0.39 is 0 Å². The van der Waals surface area contributed by atoms with Gasteiger partial charge in [0.05, 0.1) is 6.04 Å². The minimum atomic E-state index is -0.262. The van der Waals surface area contributed by atoms with Crippen molar-refractivity contribution in [2.75, 3.05) is 13.1 Å². The van der Waals surface area contributed by atoms with Gasteiger partial charge in [0.2, 0.25) is 5.91 Å². The van der Waals surface area contributed by atoms with E-state index in [4.69, 9.17) is 23.2 Å². The third kappa shape index (κ3) is 5.64. The van der Waals surface area contributed by atoms with Crippen LogP contribution in [0.4, 0.5) is 0 Å². The molecule has 2 aromatic carbocycles. The van der Waals surface area contributed by atoms with Crippen molar-refractivity contribution in [2.24, 2.45) is 0 Å². The second-order valence-corrected chi connectivity index (χ2v) is 12.5. The first-order valence-electron chi connectivity index (χ1n) is 12.2. The normalized spacial score (nSPS) is 15.7. The summed E-state index contributed by atoms with van der Waals surface area (Å²) < 4.78 is 0. The fourth-order valence-electron chi connectivity index (χ4n) is 4.68. The summed E-state index contributed by atoms with van der Waals surface area (Å²) in [4.78, 5) is 32.0. The van der Waals surface area contributed by atoms with Gasteiger partial charge in [-0.15, -0.1) is 11.3 Å². The molecule has 0 fully saturated rings. The van der Waals surface area contributed by atoms with Crippen LogP contribution in [0.1, 0.15) is 72.6 Å². The summed E-state index contributed by atoms with van der Waals surface area (Å²) in [6, 6.07) is 15.1. The highest BCUT2D eigenvalue weighted by Crippen LogP contribution is 2.38. The van der Waals surface area contributed by atoms with Crippen molar-refractivity contribution >= 4 is 46.4 Å². The third-order valence-corrected chi connectivity index (χ3v) is 8.11. The zero-order valence-corrected chi connectivity index (χ0v) is 23.7. The van der Waals surface area contributed by atoms with Gasteiger partial charge in [0.25, 0.3) is 5.91 Å². The Bertz CT molecular complexity index is 1240. The van der Waals surface area contributed by atoms with Crippen LogP contribution >= 0.6 is 34.5 Å². The fraction of sp³-hybridized carbons (Fsp3) is 0.379. The van der Waals surface area contributed by atoms with Crippen LogP contribution < -0.4 is 0 Å². The molecule has 4 nitrogen and oxygen atoms in total. The van der Waals surface area contributed by atoms with Crippen LogP contribution in [0, 0.1) is 0 Å². The monoisotopic (exact) mass is 542 g/mol. The zero-order valence-electron chi connectivity index (χ0n) is 21.3. The SMILES string of the molecule is CC(C)N(CC(=O)N1CCc2sccc2[C@H]1c1ccc(C(C)(C)C)cc1)C(=O)c1cc(Cl)cc(Cl)c1. The lowest BCUT2D eigenvalue weighted by Gasteiger charge is -2.38. The molecular weight excluding hydrogens is 511 g/mol. The lowest BCUT2D eigenvalue weighted by molar-refractivity contribution is -0.134.